The zero-order valence-electron chi connectivity index (χ0n) is 12.6. The van der Waals surface area contributed by atoms with Crippen LogP contribution in [-0.2, 0) is 4.79 Å². The number of carbonyl (C=O) groups excluding carboxylic acids is 1. The lowest BCUT2D eigenvalue weighted by molar-refractivity contribution is -0.112. The molecule has 4 N–H and O–H groups in total. The van der Waals surface area contributed by atoms with Crippen molar-refractivity contribution in [1.82, 2.24) is 0 Å². The predicted octanol–water partition coefficient (Wildman–Crippen LogP) is 2.36. The molecule has 0 saturated carbocycles. The molecule has 2 aromatic carbocycles. The van der Waals surface area contributed by atoms with Crippen molar-refractivity contribution >= 4 is 17.7 Å². The quantitative estimate of drug-likeness (QED) is 0.388. The number of phenolic OH excluding ortho intramolecular Hbond substituents is 3. The van der Waals surface area contributed by atoms with E-state index < -0.39 is 5.91 Å². The normalized spacial score (nSPS) is 10.8. The Hall–Kier alpha value is -3.66. The lowest BCUT2D eigenvalue weighted by Gasteiger charge is -2.07. The number of nitriles is 1. The first-order valence-corrected chi connectivity index (χ1v) is 6.76. The van der Waals surface area contributed by atoms with Crippen LogP contribution >= 0.6 is 0 Å². The maximum Gasteiger partial charge on any atom is 0.266 e. The number of anilines is 1. The van der Waals surface area contributed by atoms with Gasteiger partial charge in [0.15, 0.2) is 23.0 Å². The van der Waals surface area contributed by atoms with Gasteiger partial charge in [0.1, 0.15) is 11.6 Å². The van der Waals surface area contributed by atoms with Crippen LogP contribution in [0.4, 0.5) is 5.69 Å². The highest BCUT2D eigenvalue weighted by Gasteiger charge is 2.11. The van der Waals surface area contributed by atoms with Crippen LogP contribution in [0, 0.1) is 11.3 Å². The summed E-state index contributed by atoms with van der Waals surface area (Å²) in [5.41, 5.74) is 0.443. The number of amides is 1. The first kappa shape index (κ1) is 16.7. The molecule has 0 spiro atoms. The Morgan fingerprint density at radius 1 is 1.12 bits per heavy atom. The number of phenols is 3. The molecular weight excluding hydrogens is 312 g/mol. The van der Waals surface area contributed by atoms with Gasteiger partial charge in [0, 0.05) is 11.8 Å². The van der Waals surface area contributed by atoms with Crippen LogP contribution in [0.25, 0.3) is 6.08 Å². The van der Waals surface area contributed by atoms with Gasteiger partial charge in [-0.3, -0.25) is 4.79 Å². The van der Waals surface area contributed by atoms with E-state index >= 15 is 0 Å². The molecule has 7 heteroatoms. The van der Waals surface area contributed by atoms with E-state index in [0.29, 0.717) is 5.56 Å². The van der Waals surface area contributed by atoms with E-state index in [1.165, 1.54) is 49.6 Å². The summed E-state index contributed by atoms with van der Waals surface area (Å²) in [4.78, 5) is 12.1. The first-order chi connectivity index (χ1) is 11.4. The molecule has 0 aliphatic heterocycles. The number of rotatable bonds is 4. The molecule has 0 bridgehead atoms. The highest BCUT2D eigenvalue weighted by molar-refractivity contribution is 6.09. The Bertz CT molecular complexity index is 853. The number of nitrogens with one attached hydrogen (secondary N) is 1. The lowest BCUT2D eigenvalue weighted by atomic mass is 10.1. The third-order valence-electron chi connectivity index (χ3n) is 3.11. The summed E-state index contributed by atoms with van der Waals surface area (Å²) in [7, 11) is 1.40. The molecule has 2 aromatic rings. The number of methoxy groups -OCH3 is 1. The molecule has 0 saturated heterocycles. The molecule has 24 heavy (non-hydrogen) atoms. The standard InChI is InChI=1S/C17H14N2O5/c1-24-16-5-3-12(8-15(16)22)19-17(23)11(9-18)6-10-2-4-13(20)14(21)7-10/h2-8,20-22H,1H3,(H,19,23)/b11-6-. The van der Waals surface area contributed by atoms with Crippen LogP contribution in [0.3, 0.4) is 0 Å². The van der Waals surface area contributed by atoms with Crippen LogP contribution in [0.5, 0.6) is 23.0 Å². The summed E-state index contributed by atoms with van der Waals surface area (Å²) in [5.74, 6) is -1.25. The number of carbonyl (C=O) groups is 1. The van der Waals surface area contributed by atoms with Crippen molar-refractivity contribution in [2.45, 2.75) is 0 Å². The molecular formula is C17H14N2O5. The van der Waals surface area contributed by atoms with Crippen molar-refractivity contribution in [3.8, 4) is 29.1 Å². The average Bonchev–Trinajstić information content (AvgIpc) is 2.56. The van der Waals surface area contributed by atoms with E-state index in [0.717, 1.165) is 0 Å². The highest BCUT2D eigenvalue weighted by Crippen LogP contribution is 2.29. The molecule has 0 atom stereocenters. The van der Waals surface area contributed by atoms with Crippen LogP contribution in [0.2, 0.25) is 0 Å². The second-order valence-electron chi connectivity index (χ2n) is 4.76. The van der Waals surface area contributed by atoms with Gasteiger partial charge < -0.3 is 25.4 Å². The summed E-state index contributed by atoms with van der Waals surface area (Å²) in [6, 6.07) is 9.94. The maximum absolute atomic E-state index is 12.1. The number of nitrogens with zero attached hydrogens (tertiary/aromatic N) is 1. The molecule has 1 amide bonds. The molecule has 0 unspecified atom stereocenters. The van der Waals surface area contributed by atoms with Gasteiger partial charge in [-0.1, -0.05) is 6.07 Å². The monoisotopic (exact) mass is 326 g/mol. The molecule has 122 valence electrons. The molecule has 0 radical (unpaired) electrons. The van der Waals surface area contributed by atoms with Crippen LogP contribution in [0.15, 0.2) is 42.0 Å². The predicted molar refractivity (Wildman–Crippen MR) is 86.7 cm³/mol. The molecule has 2 rings (SSSR count). The third kappa shape index (κ3) is 3.75. The van der Waals surface area contributed by atoms with E-state index in [1.807, 2.05) is 0 Å². The zero-order chi connectivity index (χ0) is 17.7. The summed E-state index contributed by atoms with van der Waals surface area (Å²) in [5, 5.41) is 40.0. The fraction of sp³-hybridized carbons (Fsp3) is 0.0588. The minimum Gasteiger partial charge on any atom is -0.504 e. The Kier molecular flexibility index (Phi) is 4.92. The van der Waals surface area contributed by atoms with Gasteiger partial charge in [0.2, 0.25) is 0 Å². The number of hydrogen-bond acceptors (Lipinski definition) is 6. The number of ether oxygens (including phenoxy) is 1. The smallest absolute Gasteiger partial charge is 0.266 e. The van der Waals surface area contributed by atoms with Crippen molar-refractivity contribution in [3.63, 3.8) is 0 Å². The maximum atomic E-state index is 12.1. The van der Waals surface area contributed by atoms with Crippen molar-refractivity contribution in [3.05, 3.63) is 47.5 Å². The molecule has 0 heterocycles. The summed E-state index contributed by atoms with van der Waals surface area (Å²) >= 11 is 0. The van der Waals surface area contributed by atoms with E-state index in [-0.39, 0.29) is 34.3 Å². The number of aromatic hydroxyl groups is 3. The topological polar surface area (TPSA) is 123 Å². The minimum absolute atomic E-state index is 0.152. The van der Waals surface area contributed by atoms with E-state index in [4.69, 9.17) is 10.00 Å². The molecule has 0 aliphatic carbocycles. The van der Waals surface area contributed by atoms with Gasteiger partial charge in [0.25, 0.3) is 5.91 Å². The van der Waals surface area contributed by atoms with Crippen molar-refractivity contribution in [2.24, 2.45) is 0 Å². The SMILES string of the molecule is COc1ccc(NC(=O)/C(C#N)=C\c2ccc(O)c(O)c2)cc1O. The molecule has 0 aliphatic rings. The van der Waals surface area contributed by atoms with Gasteiger partial charge in [-0.15, -0.1) is 0 Å². The summed E-state index contributed by atoms with van der Waals surface area (Å²) < 4.78 is 4.90. The molecule has 0 aromatic heterocycles. The summed E-state index contributed by atoms with van der Waals surface area (Å²) in [6.07, 6.45) is 1.26. The largest absolute Gasteiger partial charge is 0.504 e. The number of hydrogen-bond donors (Lipinski definition) is 4. The number of benzene rings is 2. The van der Waals surface area contributed by atoms with Gasteiger partial charge in [-0.2, -0.15) is 5.26 Å². The summed E-state index contributed by atoms with van der Waals surface area (Å²) in [6.45, 7) is 0. The Balaban J connectivity index is 2.22. The van der Waals surface area contributed by atoms with Crippen molar-refractivity contribution < 1.29 is 24.9 Å². The Morgan fingerprint density at radius 2 is 1.88 bits per heavy atom. The first-order valence-electron chi connectivity index (χ1n) is 6.76. The highest BCUT2D eigenvalue weighted by atomic mass is 16.5. The van der Waals surface area contributed by atoms with Gasteiger partial charge >= 0.3 is 0 Å². The van der Waals surface area contributed by atoms with Gasteiger partial charge in [0.05, 0.1) is 7.11 Å². The Morgan fingerprint density at radius 3 is 2.46 bits per heavy atom. The van der Waals surface area contributed by atoms with E-state index in [2.05, 4.69) is 5.32 Å². The third-order valence-corrected chi connectivity index (χ3v) is 3.11. The van der Waals surface area contributed by atoms with Crippen molar-refractivity contribution in [2.75, 3.05) is 12.4 Å². The fourth-order valence-corrected chi connectivity index (χ4v) is 1.91. The van der Waals surface area contributed by atoms with Crippen LogP contribution in [-0.4, -0.2) is 28.3 Å². The van der Waals surface area contributed by atoms with Gasteiger partial charge in [-0.05, 0) is 35.9 Å². The molecule has 7 nitrogen and oxygen atoms in total. The van der Waals surface area contributed by atoms with Crippen LogP contribution < -0.4 is 10.1 Å². The average molecular weight is 326 g/mol. The van der Waals surface area contributed by atoms with Crippen LogP contribution in [0.1, 0.15) is 5.56 Å². The Labute approximate surface area is 137 Å². The van der Waals surface area contributed by atoms with E-state index in [1.54, 1.807) is 6.07 Å². The molecule has 0 fully saturated rings. The fourth-order valence-electron chi connectivity index (χ4n) is 1.91. The van der Waals surface area contributed by atoms with Gasteiger partial charge in [-0.25, -0.2) is 0 Å². The second-order valence-corrected chi connectivity index (χ2v) is 4.76. The van der Waals surface area contributed by atoms with E-state index in [9.17, 15) is 20.1 Å². The lowest BCUT2D eigenvalue weighted by Crippen LogP contribution is -2.13. The minimum atomic E-state index is -0.686. The zero-order valence-corrected chi connectivity index (χ0v) is 12.6. The van der Waals surface area contributed by atoms with Crippen molar-refractivity contribution in [1.29, 1.82) is 5.26 Å². The second kappa shape index (κ2) is 7.07.